The summed E-state index contributed by atoms with van der Waals surface area (Å²) in [5.74, 6) is 0.0799. The van der Waals surface area contributed by atoms with Crippen LogP contribution in [0.1, 0.15) is 19.3 Å². The Morgan fingerprint density at radius 1 is 1.17 bits per heavy atom. The minimum absolute atomic E-state index is 0.182. The van der Waals surface area contributed by atoms with Crippen molar-refractivity contribution in [1.82, 2.24) is 15.0 Å². The summed E-state index contributed by atoms with van der Waals surface area (Å²) in [5, 5.41) is 2.99. The number of primary amides is 1. The molecule has 1 rings (SSSR count). The van der Waals surface area contributed by atoms with Gasteiger partial charge in [0.1, 0.15) is 0 Å². The number of nitrogens with zero attached hydrogens (tertiary/aromatic N) is 3. The minimum atomic E-state index is -0.293. The summed E-state index contributed by atoms with van der Waals surface area (Å²) >= 11 is 0. The third-order valence-corrected chi connectivity index (χ3v) is 2.09. The van der Waals surface area contributed by atoms with Gasteiger partial charge in [-0.2, -0.15) is 9.97 Å². The van der Waals surface area contributed by atoms with Crippen molar-refractivity contribution < 1.29 is 14.3 Å². The van der Waals surface area contributed by atoms with Crippen molar-refractivity contribution >= 4 is 11.9 Å². The molecule has 0 aliphatic carbocycles. The molecule has 18 heavy (non-hydrogen) atoms. The molecule has 1 amide bonds. The van der Waals surface area contributed by atoms with Gasteiger partial charge in [0.15, 0.2) is 0 Å². The summed E-state index contributed by atoms with van der Waals surface area (Å²) in [6.45, 7) is 0.629. The molecule has 8 heteroatoms. The van der Waals surface area contributed by atoms with Crippen LogP contribution in [0.4, 0.5) is 5.95 Å². The van der Waals surface area contributed by atoms with Crippen molar-refractivity contribution in [2.24, 2.45) is 5.73 Å². The Labute approximate surface area is 105 Å². The van der Waals surface area contributed by atoms with Crippen LogP contribution in [0.2, 0.25) is 0 Å². The fourth-order valence-electron chi connectivity index (χ4n) is 1.22. The third-order valence-electron chi connectivity index (χ3n) is 2.09. The maximum atomic E-state index is 10.5. The van der Waals surface area contributed by atoms with Gasteiger partial charge in [-0.25, -0.2) is 0 Å². The van der Waals surface area contributed by atoms with Gasteiger partial charge in [-0.05, 0) is 12.8 Å². The highest BCUT2D eigenvalue weighted by molar-refractivity contribution is 5.73. The SMILES string of the molecule is COc1nc(NCCCCC(N)=O)nc(OC)n1. The van der Waals surface area contributed by atoms with Gasteiger partial charge in [0.25, 0.3) is 0 Å². The highest BCUT2D eigenvalue weighted by Crippen LogP contribution is 2.11. The molecular weight excluding hydrogens is 238 g/mol. The van der Waals surface area contributed by atoms with Crippen molar-refractivity contribution in [3.8, 4) is 12.0 Å². The van der Waals surface area contributed by atoms with Gasteiger partial charge in [-0.1, -0.05) is 0 Å². The maximum Gasteiger partial charge on any atom is 0.324 e. The molecule has 0 bridgehead atoms. The standard InChI is InChI=1S/C10H17N5O3/c1-17-9-13-8(14-10(15-9)18-2)12-6-4-3-5-7(11)16/h3-6H2,1-2H3,(H2,11,16)(H,12,13,14,15). The zero-order chi connectivity index (χ0) is 13.4. The van der Waals surface area contributed by atoms with Crippen LogP contribution in [0.5, 0.6) is 12.0 Å². The molecule has 0 unspecified atom stereocenters. The van der Waals surface area contributed by atoms with E-state index in [4.69, 9.17) is 15.2 Å². The second kappa shape index (κ2) is 7.25. The zero-order valence-electron chi connectivity index (χ0n) is 10.5. The van der Waals surface area contributed by atoms with Gasteiger partial charge in [0.2, 0.25) is 11.9 Å². The fourth-order valence-corrected chi connectivity index (χ4v) is 1.22. The molecule has 0 aromatic carbocycles. The normalized spacial score (nSPS) is 9.89. The Morgan fingerprint density at radius 3 is 2.28 bits per heavy atom. The van der Waals surface area contributed by atoms with E-state index in [9.17, 15) is 4.79 Å². The van der Waals surface area contributed by atoms with Crippen LogP contribution in [-0.2, 0) is 4.79 Å². The van der Waals surface area contributed by atoms with E-state index in [-0.39, 0.29) is 17.9 Å². The van der Waals surface area contributed by atoms with E-state index >= 15 is 0 Å². The second-order valence-electron chi connectivity index (χ2n) is 3.48. The van der Waals surface area contributed by atoms with E-state index in [2.05, 4.69) is 20.3 Å². The van der Waals surface area contributed by atoms with Crippen molar-refractivity contribution in [1.29, 1.82) is 0 Å². The summed E-state index contributed by atoms with van der Waals surface area (Å²) in [7, 11) is 2.93. The fraction of sp³-hybridized carbons (Fsp3) is 0.600. The first-order chi connectivity index (χ1) is 8.65. The van der Waals surface area contributed by atoms with Crippen LogP contribution in [-0.4, -0.2) is 41.6 Å². The second-order valence-corrected chi connectivity index (χ2v) is 3.48. The lowest BCUT2D eigenvalue weighted by Gasteiger charge is -2.06. The Balaban J connectivity index is 2.43. The first kappa shape index (κ1) is 13.9. The molecule has 0 aliphatic rings. The molecule has 1 aromatic heterocycles. The molecule has 0 atom stereocenters. The van der Waals surface area contributed by atoms with E-state index in [1.807, 2.05) is 0 Å². The summed E-state index contributed by atoms with van der Waals surface area (Å²) < 4.78 is 9.83. The average Bonchev–Trinajstić information content (AvgIpc) is 2.37. The number of carbonyl (C=O) groups is 1. The number of amides is 1. The van der Waals surface area contributed by atoms with Gasteiger partial charge < -0.3 is 20.5 Å². The van der Waals surface area contributed by atoms with Gasteiger partial charge in [-0.3, -0.25) is 4.79 Å². The predicted octanol–water partition coefficient (Wildman–Crippen LogP) is -0.0437. The molecule has 0 saturated heterocycles. The third kappa shape index (κ3) is 4.81. The number of nitrogens with two attached hydrogens (primary N) is 1. The van der Waals surface area contributed by atoms with E-state index in [1.54, 1.807) is 0 Å². The Bertz CT molecular complexity index is 377. The van der Waals surface area contributed by atoms with Crippen LogP contribution in [0, 0.1) is 0 Å². The molecule has 100 valence electrons. The Morgan fingerprint density at radius 2 is 1.78 bits per heavy atom. The van der Waals surface area contributed by atoms with E-state index in [0.29, 0.717) is 18.9 Å². The van der Waals surface area contributed by atoms with Crippen LogP contribution >= 0.6 is 0 Å². The zero-order valence-corrected chi connectivity index (χ0v) is 10.5. The van der Waals surface area contributed by atoms with Crippen molar-refractivity contribution in [2.45, 2.75) is 19.3 Å². The lowest BCUT2D eigenvalue weighted by atomic mass is 10.2. The number of nitrogens with one attached hydrogen (secondary N) is 1. The largest absolute Gasteiger partial charge is 0.467 e. The van der Waals surface area contributed by atoms with Gasteiger partial charge in [0, 0.05) is 13.0 Å². The van der Waals surface area contributed by atoms with E-state index < -0.39 is 0 Å². The van der Waals surface area contributed by atoms with E-state index in [1.165, 1.54) is 14.2 Å². The number of anilines is 1. The number of rotatable bonds is 8. The lowest BCUT2D eigenvalue weighted by molar-refractivity contribution is -0.118. The lowest BCUT2D eigenvalue weighted by Crippen LogP contribution is -2.12. The van der Waals surface area contributed by atoms with Crippen LogP contribution in [0.25, 0.3) is 0 Å². The summed E-state index contributed by atoms with van der Waals surface area (Å²) in [6, 6.07) is 0.364. The number of carbonyl (C=O) groups excluding carboxylic acids is 1. The summed E-state index contributed by atoms with van der Waals surface area (Å²) in [4.78, 5) is 22.4. The smallest absolute Gasteiger partial charge is 0.324 e. The molecule has 0 fully saturated rings. The first-order valence-corrected chi connectivity index (χ1v) is 5.52. The highest BCUT2D eigenvalue weighted by Gasteiger charge is 2.06. The van der Waals surface area contributed by atoms with Crippen LogP contribution < -0.4 is 20.5 Å². The number of hydrogen-bond donors (Lipinski definition) is 2. The quantitative estimate of drug-likeness (QED) is 0.626. The van der Waals surface area contributed by atoms with Crippen molar-refractivity contribution in [2.75, 3.05) is 26.1 Å². The van der Waals surface area contributed by atoms with Crippen LogP contribution in [0.3, 0.4) is 0 Å². The van der Waals surface area contributed by atoms with Crippen molar-refractivity contribution in [3.05, 3.63) is 0 Å². The number of methoxy groups -OCH3 is 2. The van der Waals surface area contributed by atoms with E-state index in [0.717, 1.165) is 12.8 Å². The Kier molecular flexibility index (Phi) is 5.62. The maximum absolute atomic E-state index is 10.5. The molecule has 8 nitrogen and oxygen atoms in total. The topological polar surface area (TPSA) is 112 Å². The molecule has 0 aliphatic heterocycles. The monoisotopic (exact) mass is 255 g/mol. The molecule has 0 spiro atoms. The highest BCUT2D eigenvalue weighted by atomic mass is 16.5. The van der Waals surface area contributed by atoms with Gasteiger partial charge in [-0.15, -0.1) is 4.98 Å². The minimum Gasteiger partial charge on any atom is -0.467 e. The first-order valence-electron chi connectivity index (χ1n) is 5.52. The average molecular weight is 255 g/mol. The molecule has 0 saturated carbocycles. The van der Waals surface area contributed by atoms with Gasteiger partial charge in [0.05, 0.1) is 14.2 Å². The molecular formula is C10H17N5O3. The summed E-state index contributed by atoms with van der Waals surface area (Å²) in [6.07, 6.45) is 1.90. The number of hydrogen-bond acceptors (Lipinski definition) is 7. The molecule has 0 radical (unpaired) electrons. The Hall–Kier alpha value is -2.12. The molecule has 1 aromatic rings. The van der Waals surface area contributed by atoms with Crippen LogP contribution in [0.15, 0.2) is 0 Å². The number of unbranched alkanes of at least 4 members (excludes halogenated alkanes) is 1. The van der Waals surface area contributed by atoms with Crippen molar-refractivity contribution in [3.63, 3.8) is 0 Å². The molecule has 1 heterocycles. The number of ether oxygens (including phenoxy) is 2. The number of aromatic nitrogens is 3. The predicted molar refractivity (Wildman–Crippen MR) is 64.5 cm³/mol. The summed E-state index contributed by atoms with van der Waals surface area (Å²) in [5.41, 5.74) is 5.04. The molecule has 3 N–H and O–H groups in total. The van der Waals surface area contributed by atoms with Gasteiger partial charge >= 0.3 is 12.0 Å².